The molecule has 0 aliphatic carbocycles. The number of ether oxygens (including phenoxy) is 1. The van der Waals surface area contributed by atoms with E-state index in [0.717, 1.165) is 24.3 Å². The van der Waals surface area contributed by atoms with Crippen molar-refractivity contribution in [1.29, 1.82) is 0 Å². The predicted octanol–water partition coefficient (Wildman–Crippen LogP) is 6.78. The molecule has 26 heavy (non-hydrogen) atoms. The van der Waals surface area contributed by atoms with Crippen molar-refractivity contribution in [3.05, 3.63) is 58.6 Å². The number of para-hydroxylation sites is 1. The van der Waals surface area contributed by atoms with Crippen LogP contribution in [0.15, 0.2) is 48.5 Å². The molecule has 0 spiro atoms. The highest BCUT2D eigenvalue weighted by molar-refractivity contribution is 5.73. The fraction of sp³-hybridized carbons (Fsp3) is 0.455. The van der Waals surface area contributed by atoms with Gasteiger partial charge in [-0.15, -0.1) is 0 Å². The number of hydrogen-bond acceptors (Lipinski definition) is 3. The van der Waals surface area contributed by atoms with Crippen molar-refractivity contribution in [1.82, 2.24) is 0 Å². The maximum absolute atomic E-state index is 11.1. The summed E-state index contributed by atoms with van der Waals surface area (Å²) >= 11 is 0. The zero-order chi connectivity index (χ0) is 18.6. The highest BCUT2D eigenvalue weighted by atomic mass is 16.6. The first-order valence-electron chi connectivity index (χ1n) is 9.69. The average molecular weight is 355 g/mol. The highest BCUT2D eigenvalue weighted by Gasteiger charge is 2.13. The molecular weight excluding hydrogens is 326 g/mol. The summed E-state index contributed by atoms with van der Waals surface area (Å²) in [4.78, 5) is 10.8. The minimum Gasteiger partial charge on any atom is -0.494 e. The van der Waals surface area contributed by atoms with Gasteiger partial charge >= 0.3 is 0 Å². The van der Waals surface area contributed by atoms with Gasteiger partial charge in [0.05, 0.1) is 17.1 Å². The van der Waals surface area contributed by atoms with E-state index in [4.69, 9.17) is 4.74 Å². The summed E-state index contributed by atoms with van der Waals surface area (Å²) in [5, 5.41) is 11.1. The van der Waals surface area contributed by atoms with Crippen LogP contribution in [0.1, 0.15) is 58.3 Å². The van der Waals surface area contributed by atoms with E-state index in [1.807, 2.05) is 30.3 Å². The Kier molecular flexibility index (Phi) is 8.67. The molecule has 0 amide bonds. The fourth-order valence-corrected chi connectivity index (χ4v) is 3.03. The van der Waals surface area contributed by atoms with Gasteiger partial charge in [0.25, 0.3) is 5.69 Å². The van der Waals surface area contributed by atoms with Gasteiger partial charge in [-0.05, 0) is 30.2 Å². The van der Waals surface area contributed by atoms with Gasteiger partial charge in [-0.25, -0.2) is 0 Å². The second-order valence-corrected chi connectivity index (χ2v) is 6.62. The van der Waals surface area contributed by atoms with Crippen molar-refractivity contribution in [2.75, 3.05) is 6.61 Å². The Balaban J connectivity index is 1.74. The SMILES string of the molecule is CCCCCCCCCCOc1ccc(-c2ccccc2[N+](=O)[O-])cc1. The second-order valence-electron chi connectivity index (χ2n) is 6.62. The fourth-order valence-electron chi connectivity index (χ4n) is 3.03. The van der Waals surface area contributed by atoms with E-state index in [2.05, 4.69) is 6.92 Å². The summed E-state index contributed by atoms with van der Waals surface area (Å²) in [6.45, 7) is 2.96. The number of unbranched alkanes of at least 4 members (excludes halogenated alkanes) is 7. The number of nitro groups is 1. The Hall–Kier alpha value is -2.36. The van der Waals surface area contributed by atoms with Gasteiger partial charge in [-0.1, -0.05) is 76.1 Å². The Morgan fingerprint density at radius 3 is 2.12 bits per heavy atom. The van der Waals surface area contributed by atoms with Crippen LogP contribution in [0.3, 0.4) is 0 Å². The van der Waals surface area contributed by atoms with Gasteiger partial charge in [0, 0.05) is 6.07 Å². The molecular formula is C22H29NO3. The summed E-state index contributed by atoms with van der Waals surface area (Å²) in [6, 6.07) is 14.3. The molecule has 4 nitrogen and oxygen atoms in total. The van der Waals surface area contributed by atoms with Crippen molar-refractivity contribution in [3.8, 4) is 16.9 Å². The lowest BCUT2D eigenvalue weighted by molar-refractivity contribution is -0.384. The van der Waals surface area contributed by atoms with Gasteiger partial charge in [0.1, 0.15) is 5.75 Å². The van der Waals surface area contributed by atoms with Crippen molar-refractivity contribution in [2.45, 2.75) is 58.3 Å². The number of benzene rings is 2. The topological polar surface area (TPSA) is 52.4 Å². The number of hydrogen-bond donors (Lipinski definition) is 0. The van der Waals surface area contributed by atoms with Crippen LogP contribution in [-0.2, 0) is 0 Å². The quantitative estimate of drug-likeness (QED) is 0.239. The largest absolute Gasteiger partial charge is 0.494 e. The zero-order valence-corrected chi connectivity index (χ0v) is 15.7. The van der Waals surface area contributed by atoms with Crippen LogP contribution < -0.4 is 4.74 Å². The van der Waals surface area contributed by atoms with Gasteiger partial charge < -0.3 is 4.74 Å². The van der Waals surface area contributed by atoms with Gasteiger partial charge in [-0.3, -0.25) is 10.1 Å². The smallest absolute Gasteiger partial charge is 0.277 e. The van der Waals surface area contributed by atoms with Crippen LogP contribution in [0.2, 0.25) is 0 Å². The minimum atomic E-state index is -0.345. The Bertz CT molecular complexity index is 667. The van der Waals surface area contributed by atoms with Gasteiger partial charge in [-0.2, -0.15) is 0 Å². The van der Waals surface area contributed by atoms with E-state index in [-0.39, 0.29) is 10.6 Å². The molecule has 0 unspecified atom stereocenters. The van der Waals surface area contributed by atoms with E-state index in [9.17, 15) is 10.1 Å². The third kappa shape index (κ3) is 6.51. The maximum atomic E-state index is 11.1. The van der Waals surface area contributed by atoms with Crippen LogP contribution in [0.25, 0.3) is 11.1 Å². The summed E-state index contributed by atoms with van der Waals surface area (Å²) < 4.78 is 5.79. The van der Waals surface area contributed by atoms with E-state index in [0.29, 0.717) is 5.56 Å². The average Bonchev–Trinajstić information content (AvgIpc) is 2.67. The van der Waals surface area contributed by atoms with Crippen molar-refractivity contribution >= 4 is 5.69 Å². The van der Waals surface area contributed by atoms with E-state index in [1.54, 1.807) is 12.1 Å². The van der Waals surface area contributed by atoms with Crippen molar-refractivity contribution in [3.63, 3.8) is 0 Å². The third-order valence-corrected chi connectivity index (χ3v) is 4.53. The van der Waals surface area contributed by atoms with E-state index in [1.165, 1.54) is 51.0 Å². The molecule has 0 heterocycles. The van der Waals surface area contributed by atoms with E-state index < -0.39 is 0 Å². The number of nitrogens with zero attached hydrogens (tertiary/aromatic N) is 1. The normalized spacial score (nSPS) is 10.7. The Morgan fingerprint density at radius 2 is 1.46 bits per heavy atom. The molecule has 140 valence electrons. The van der Waals surface area contributed by atoms with Crippen LogP contribution >= 0.6 is 0 Å². The van der Waals surface area contributed by atoms with Crippen LogP contribution in [0.4, 0.5) is 5.69 Å². The Morgan fingerprint density at radius 1 is 0.846 bits per heavy atom. The zero-order valence-electron chi connectivity index (χ0n) is 15.7. The lowest BCUT2D eigenvalue weighted by Crippen LogP contribution is -1.97. The Labute approximate surface area is 156 Å². The molecule has 0 bridgehead atoms. The van der Waals surface area contributed by atoms with Crippen LogP contribution in [-0.4, -0.2) is 11.5 Å². The molecule has 0 aromatic heterocycles. The highest BCUT2D eigenvalue weighted by Crippen LogP contribution is 2.30. The second kappa shape index (κ2) is 11.3. The summed E-state index contributed by atoms with van der Waals surface area (Å²) in [5.41, 5.74) is 1.59. The molecule has 0 saturated heterocycles. The molecule has 0 atom stereocenters. The molecule has 0 aliphatic rings. The standard InChI is InChI=1S/C22H29NO3/c1-2-3-4-5-6-7-8-11-18-26-20-16-14-19(15-17-20)21-12-9-10-13-22(21)23(24)25/h9-10,12-17H,2-8,11,18H2,1H3. The molecule has 4 heteroatoms. The molecule has 0 fully saturated rings. The summed E-state index contributed by atoms with van der Waals surface area (Å²) in [6.07, 6.45) is 10.2. The minimum absolute atomic E-state index is 0.125. The van der Waals surface area contributed by atoms with Crippen molar-refractivity contribution in [2.24, 2.45) is 0 Å². The molecule has 0 radical (unpaired) electrons. The maximum Gasteiger partial charge on any atom is 0.277 e. The van der Waals surface area contributed by atoms with Crippen LogP contribution in [0.5, 0.6) is 5.75 Å². The van der Waals surface area contributed by atoms with Crippen molar-refractivity contribution < 1.29 is 9.66 Å². The lowest BCUT2D eigenvalue weighted by atomic mass is 10.0. The molecule has 0 aliphatic heterocycles. The third-order valence-electron chi connectivity index (χ3n) is 4.53. The summed E-state index contributed by atoms with van der Waals surface area (Å²) in [5.74, 6) is 0.815. The number of nitro benzene ring substituents is 1. The molecule has 0 N–H and O–H groups in total. The first-order valence-corrected chi connectivity index (χ1v) is 9.69. The van der Waals surface area contributed by atoms with Crippen LogP contribution in [0, 0.1) is 10.1 Å². The first kappa shape index (κ1) is 20.0. The first-order chi connectivity index (χ1) is 12.7. The monoisotopic (exact) mass is 355 g/mol. The summed E-state index contributed by atoms with van der Waals surface area (Å²) in [7, 11) is 0. The molecule has 2 rings (SSSR count). The number of rotatable bonds is 12. The lowest BCUT2D eigenvalue weighted by Gasteiger charge is -2.08. The van der Waals surface area contributed by atoms with Gasteiger partial charge in [0.2, 0.25) is 0 Å². The molecule has 2 aromatic carbocycles. The molecule has 0 saturated carbocycles. The predicted molar refractivity (Wildman–Crippen MR) is 107 cm³/mol. The molecule has 2 aromatic rings. The van der Waals surface area contributed by atoms with E-state index >= 15 is 0 Å². The van der Waals surface area contributed by atoms with Gasteiger partial charge in [0.15, 0.2) is 0 Å².